The molecule has 1 amide bonds. The molecular weight excluding hydrogens is 440 g/mol. The zero-order valence-corrected chi connectivity index (χ0v) is 18.0. The normalized spacial score (nSPS) is 11.7. The fourth-order valence-corrected chi connectivity index (χ4v) is 3.59. The number of pyridine rings is 1. The van der Waals surface area contributed by atoms with Crippen LogP contribution in [-0.4, -0.2) is 23.4 Å². The summed E-state index contributed by atoms with van der Waals surface area (Å²) in [6.07, 6.45) is 3.37. The molecule has 1 atom stereocenters. The van der Waals surface area contributed by atoms with E-state index in [4.69, 9.17) is 10.5 Å². The van der Waals surface area contributed by atoms with Crippen LogP contribution in [0.2, 0.25) is 0 Å². The number of nitrogens with zero attached hydrogens (tertiary/aromatic N) is 1. The van der Waals surface area contributed by atoms with E-state index >= 15 is 4.39 Å². The summed E-state index contributed by atoms with van der Waals surface area (Å²) in [6.45, 7) is -0.514. The van der Waals surface area contributed by atoms with Gasteiger partial charge in [0.25, 0.3) is 0 Å². The maximum Gasteiger partial charge on any atom is 0.338 e. The Hall–Kier alpha value is -4.17. The van der Waals surface area contributed by atoms with Crippen LogP contribution in [0.25, 0.3) is 10.8 Å². The van der Waals surface area contributed by atoms with Crippen LogP contribution >= 0.6 is 0 Å². The van der Waals surface area contributed by atoms with E-state index < -0.39 is 29.4 Å². The van der Waals surface area contributed by atoms with E-state index in [1.165, 1.54) is 30.3 Å². The molecule has 0 bridgehead atoms. The number of anilines is 1. The Labute approximate surface area is 194 Å². The minimum atomic E-state index is -0.966. The van der Waals surface area contributed by atoms with E-state index in [0.29, 0.717) is 5.69 Å². The molecule has 6 nitrogen and oxygen atoms in total. The molecule has 0 fully saturated rings. The van der Waals surface area contributed by atoms with Gasteiger partial charge in [0, 0.05) is 41.1 Å². The minimum Gasteiger partial charge on any atom is -0.457 e. The fraction of sp³-hybridized carbons (Fsp3) is 0.115. The molecule has 172 valence electrons. The van der Waals surface area contributed by atoms with Gasteiger partial charge in [-0.3, -0.25) is 9.78 Å². The molecule has 0 spiro atoms. The van der Waals surface area contributed by atoms with Gasteiger partial charge in [-0.1, -0.05) is 30.3 Å². The van der Waals surface area contributed by atoms with Crippen LogP contribution in [-0.2, 0) is 16.1 Å². The number of carbonyl (C=O) groups is 2. The molecule has 8 heteroatoms. The van der Waals surface area contributed by atoms with Crippen LogP contribution < -0.4 is 11.1 Å². The number of carbonyl (C=O) groups excluding carboxylic acids is 2. The Morgan fingerprint density at radius 2 is 1.82 bits per heavy atom. The number of fused-ring (bicyclic) bond motifs is 1. The van der Waals surface area contributed by atoms with Crippen LogP contribution in [0.15, 0.2) is 79.1 Å². The van der Waals surface area contributed by atoms with Crippen molar-refractivity contribution in [3.8, 4) is 0 Å². The predicted molar refractivity (Wildman–Crippen MR) is 124 cm³/mol. The van der Waals surface area contributed by atoms with Crippen molar-refractivity contribution in [2.24, 2.45) is 5.73 Å². The molecule has 3 N–H and O–H groups in total. The lowest BCUT2D eigenvalue weighted by atomic mass is 9.95. The van der Waals surface area contributed by atoms with Gasteiger partial charge in [-0.05, 0) is 41.8 Å². The van der Waals surface area contributed by atoms with Crippen LogP contribution in [0.1, 0.15) is 27.4 Å². The van der Waals surface area contributed by atoms with Crippen molar-refractivity contribution in [1.82, 2.24) is 4.98 Å². The van der Waals surface area contributed by atoms with Gasteiger partial charge in [0.1, 0.15) is 18.2 Å². The van der Waals surface area contributed by atoms with Crippen molar-refractivity contribution < 1.29 is 23.1 Å². The fourth-order valence-electron chi connectivity index (χ4n) is 3.59. The van der Waals surface area contributed by atoms with Gasteiger partial charge in [0.05, 0.1) is 11.5 Å². The summed E-state index contributed by atoms with van der Waals surface area (Å²) in [5, 5.41) is 4.59. The van der Waals surface area contributed by atoms with Gasteiger partial charge in [0.2, 0.25) is 5.91 Å². The lowest BCUT2D eigenvalue weighted by Gasteiger charge is -2.18. The van der Waals surface area contributed by atoms with E-state index in [-0.39, 0.29) is 29.8 Å². The second kappa shape index (κ2) is 10.2. The third-order valence-corrected chi connectivity index (χ3v) is 5.36. The standard InChI is InChI=1S/C26H21F2N3O3/c27-20-5-1-3-17(11-20)26(33)34-15-19-4-2-6-22(24(19)28)23(13-29)25(32)31-21-8-7-18-14-30-10-9-16(18)12-21/h1-12,14,23H,13,15,29H2,(H,31,32). The average Bonchev–Trinajstić information content (AvgIpc) is 2.84. The number of benzene rings is 3. The molecular formula is C26H21F2N3O3. The first-order chi connectivity index (χ1) is 16.5. The Kier molecular flexibility index (Phi) is 6.89. The van der Waals surface area contributed by atoms with Gasteiger partial charge in [-0.15, -0.1) is 0 Å². The molecule has 1 heterocycles. The zero-order chi connectivity index (χ0) is 24.1. The molecule has 0 aliphatic heterocycles. The van der Waals surface area contributed by atoms with Crippen molar-refractivity contribution in [2.45, 2.75) is 12.5 Å². The number of aromatic nitrogens is 1. The summed E-state index contributed by atoms with van der Waals surface area (Å²) in [4.78, 5) is 29.2. The summed E-state index contributed by atoms with van der Waals surface area (Å²) in [7, 11) is 0. The molecule has 0 saturated carbocycles. The molecule has 4 aromatic rings. The molecule has 34 heavy (non-hydrogen) atoms. The molecule has 4 rings (SSSR count). The van der Waals surface area contributed by atoms with E-state index in [9.17, 15) is 14.0 Å². The SMILES string of the molecule is NCC(C(=O)Nc1ccc2cnccc2c1)c1cccc(COC(=O)c2cccc(F)c2)c1F. The highest BCUT2D eigenvalue weighted by molar-refractivity contribution is 5.98. The first kappa shape index (κ1) is 23.0. The summed E-state index contributed by atoms with van der Waals surface area (Å²) in [6, 6.07) is 16.7. The first-order valence-corrected chi connectivity index (χ1v) is 10.5. The van der Waals surface area contributed by atoms with Gasteiger partial charge in [-0.2, -0.15) is 0 Å². The van der Waals surface area contributed by atoms with Gasteiger partial charge in [-0.25, -0.2) is 13.6 Å². The van der Waals surface area contributed by atoms with Gasteiger partial charge in [0.15, 0.2) is 0 Å². The van der Waals surface area contributed by atoms with Crippen molar-refractivity contribution >= 4 is 28.3 Å². The highest BCUT2D eigenvalue weighted by Gasteiger charge is 2.24. The van der Waals surface area contributed by atoms with Crippen molar-refractivity contribution in [1.29, 1.82) is 0 Å². The third kappa shape index (κ3) is 5.07. The number of hydrogen-bond acceptors (Lipinski definition) is 5. The molecule has 1 unspecified atom stereocenters. The van der Waals surface area contributed by atoms with Crippen molar-refractivity contribution in [3.63, 3.8) is 0 Å². The van der Waals surface area contributed by atoms with Crippen LogP contribution in [0.3, 0.4) is 0 Å². The second-order valence-electron chi connectivity index (χ2n) is 7.62. The van der Waals surface area contributed by atoms with E-state index in [1.54, 1.807) is 30.6 Å². The highest BCUT2D eigenvalue weighted by atomic mass is 19.1. The Morgan fingerprint density at radius 3 is 2.62 bits per heavy atom. The monoisotopic (exact) mass is 461 g/mol. The topological polar surface area (TPSA) is 94.3 Å². The number of amides is 1. The van der Waals surface area contributed by atoms with Gasteiger partial charge < -0.3 is 15.8 Å². The quantitative estimate of drug-likeness (QED) is 0.394. The maximum absolute atomic E-state index is 15.2. The largest absolute Gasteiger partial charge is 0.457 e. The average molecular weight is 461 g/mol. The number of esters is 1. The van der Waals surface area contributed by atoms with E-state index in [0.717, 1.165) is 16.8 Å². The second-order valence-corrected chi connectivity index (χ2v) is 7.62. The molecule has 0 aliphatic rings. The lowest BCUT2D eigenvalue weighted by Crippen LogP contribution is -2.28. The van der Waals surface area contributed by atoms with Crippen molar-refractivity contribution in [2.75, 3.05) is 11.9 Å². The number of nitrogens with one attached hydrogen (secondary N) is 1. The third-order valence-electron chi connectivity index (χ3n) is 5.36. The minimum absolute atomic E-state index is 0.0157. The summed E-state index contributed by atoms with van der Waals surface area (Å²) < 4.78 is 33.7. The van der Waals surface area contributed by atoms with Gasteiger partial charge >= 0.3 is 5.97 Å². The maximum atomic E-state index is 15.2. The molecule has 1 aromatic heterocycles. The molecule has 0 radical (unpaired) electrons. The van der Waals surface area contributed by atoms with Crippen LogP contribution in [0.4, 0.5) is 14.5 Å². The van der Waals surface area contributed by atoms with Crippen molar-refractivity contribution in [3.05, 3.63) is 107 Å². The number of hydrogen-bond donors (Lipinski definition) is 2. The van der Waals surface area contributed by atoms with E-state index in [1.807, 2.05) is 12.1 Å². The molecule has 3 aromatic carbocycles. The highest BCUT2D eigenvalue weighted by Crippen LogP contribution is 2.25. The zero-order valence-electron chi connectivity index (χ0n) is 18.0. The van der Waals surface area contributed by atoms with Crippen LogP contribution in [0, 0.1) is 11.6 Å². The predicted octanol–water partition coefficient (Wildman–Crippen LogP) is 4.55. The number of halogens is 2. The van der Waals surface area contributed by atoms with Crippen LogP contribution in [0.5, 0.6) is 0 Å². The molecule has 0 aliphatic carbocycles. The first-order valence-electron chi connectivity index (χ1n) is 10.5. The van der Waals surface area contributed by atoms with E-state index in [2.05, 4.69) is 10.3 Å². The Balaban J connectivity index is 1.49. The summed E-state index contributed by atoms with van der Waals surface area (Å²) in [5.74, 6) is -3.49. The lowest BCUT2D eigenvalue weighted by molar-refractivity contribution is -0.117. The smallest absolute Gasteiger partial charge is 0.338 e. The summed E-state index contributed by atoms with van der Waals surface area (Å²) >= 11 is 0. The number of ether oxygens (including phenoxy) is 1. The Morgan fingerprint density at radius 1 is 1.00 bits per heavy atom. The number of rotatable bonds is 7. The molecule has 0 saturated heterocycles. The Bertz CT molecular complexity index is 1360. The number of nitrogens with two attached hydrogens (primary N) is 1. The summed E-state index contributed by atoms with van der Waals surface area (Å²) in [5.41, 5.74) is 6.55.